The topological polar surface area (TPSA) is 50.3 Å². The average molecular weight is 435 g/mol. The van der Waals surface area contributed by atoms with Crippen LogP contribution in [0.1, 0.15) is 68.8 Å². The fourth-order valence-electron chi connectivity index (χ4n) is 4.33. The Balaban J connectivity index is 1.57. The van der Waals surface area contributed by atoms with Gasteiger partial charge in [0.05, 0.1) is 0 Å². The van der Waals surface area contributed by atoms with Crippen molar-refractivity contribution in [2.45, 2.75) is 77.2 Å². The summed E-state index contributed by atoms with van der Waals surface area (Å²) in [6.45, 7) is 5.37. The number of anilines is 2. The fraction of sp³-hybridized carbons (Fsp3) is 0.565. The van der Waals surface area contributed by atoms with E-state index in [1.165, 1.54) is 31.4 Å². The van der Waals surface area contributed by atoms with Crippen molar-refractivity contribution in [2.75, 3.05) is 16.8 Å². The third-order valence-corrected chi connectivity index (χ3v) is 5.95. The van der Waals surface area contributed by atoms with E-state index < -0.39 is 6.36 Å². The number of ether oxygens (including phenoxy) is 1. The number of hydrogen-bond acceptors (Lipinski definition) is 5. The van der Waals surface area contributed by atoms with Gasteiger partial charge in [-0.25, -0.2) is 9.97 Å². The van der Waals surface area contributed by atoms with Crippen molar-refractivity contribution < 1.29 is 17.9 Å². The largest absolute Gasteiger partial charge is 0.573 e. The maximum Gasteiger partial charge on any atom is 0.573 e. The first kappa shape index (κ1) is 21.7. The maximum atomic E-state index is 12.6. The molecular weight excluding hydrogens is 405 g/mol. The number of aromatic nitrogens is 2. The molecule has 4 rings (SSSR count). The number of alkyl halides is 3. The van der Waals surface area contributed by atoms with Gasteiger partial charge in [0.25, 0.3) is 0 Å². The standard InChI is InChI=1S/C23H29F3N4O/c1-15(2)22-28-20(27-18-6-4-3-5-7-18)13-21(29-22)30-11-10-16-8-9-19(12-17(16)14-30)31-23(24,25)26/h8-9,12-13,15,18H,3-7,10-11,14H2,1-2H3,(H,27,28,29). The Kier molecular flexibility index (Phi) is 6.25. The Labute approximate surface area is 181 Å². The second-order valence-corrected chi connectivity index (χ2v) is 8.75. The maximum absolute atomic E-state index is 12.6. The lowest BCUT2D eigenvalue weighted by atomic mass is 9.95. The zero-order valence-electron chi connectivity index (χ0n) is 18.0. The van der Waals surface area contributed by atoms with Gasteiger partial charge in [0.2, 0.25) is 0 Å². The molecule has 0 radical (unpaired) electrons. The Morgan fingerprint density at radius 2 is 1.84 bits per heavy atom. The molecule has 8 heteroatoms. The van der Waals surface area contributed by atoms with Crippen LogP contribution in [0.15, 0.2) is 24.3 Å². The van der Waals surface area contributed by atoms with Crippen molar-refractivity contribution >= 4 is 11.6 Å². The third-order valence-electron chi connectivity index (χ3n) is 5.95. The van der Waals surface area contributed by atoms with Crippen molar-refractivity contribution in [3.8, 4) is 5.75 Å². The van der Waals surface area contributed by atoms with Gasteiger partial charge in [-0.3, -0.25) is 0 Å². The smallest absolute Gasteiger partial charge is 0.406 e. The quantitative estimate of drug-likeness (QED) is 0.644. The van der Waals surface area contributed by atoms with E-state index >= 15 is 0 Å². The summed E-state index contributed by atoms with van der Waals surface area (Å²) < 4.78 is 42.0. The predicted octanol–water partition coefficient (Wildman–Crippen LogP) is 5.81. The number of nitrogens with zero attached hydrogens (tertiary/aromatic N) is 3. The lowest BCUT2D eigenvalue weighted by Crippen LogP contribution is -2.32. The summed E-state index contributed by atoms with van der Waals surface area (Å²) in [5, 5.41) is 3.59. The van der Waals surface area contributed by atoms with Gasteiger partial charge in [-0.1, -0.05) is 39.2 Å². The lowest BCUT2D eigenvalue weighted by molar-refractivity contribution is -0.274. The molecule has 2 aromatic rings. The van der Waals surface area contributed by atoms with Crippen LogP contribution in [0.3, 0.4) is 0 Å². The first-order chi connectivity index (χ1) is 14.8. The van der Waals surface area contributed by atoms with Crippen LogP contribution < -0.4 is 15.0 Å². The van der Waals surface area contributed by atoms with Crippen LogP contribution in [0, 0.1) is 0 Å². The van der Waals surface area contributed by atoms with Gasteiger partial charge < -0.3 is 15.0 Å². The minimum absolute atomic E-state index is 0.177. The highest BCUT2D eigenvalue weighted by Crippen LogP contribution is 2.31. The van der Waals surface area contributed by atoms with E-state index in [1.807, 2.05) is 6.07 Å². The summed E-state index contributed by atoms with van der Waals surface area (Å²) in [7, 11) is 0. The van der Waals surface area contributed by atoms with Gasteiger partial charge in [-0.15, -0.1) is 13.2 Å². The van der Waals surface area contributed by atoms with E-state index in [0.717, 1.165) is 54.4 Å². The third kappa shape index (κ3) is 5.60. The van der Waals surface area contributed by atoms with Gasteiger partial charge in [-0.2, -0.15) is 0 Å². The molecule has 1 aromatic carbocycles. The van der Waals surface area contributed by atoms with Gasteiger partial charge in [0.15, 0.2) is 0 Å². The van der Waals surface area contributed by atoms with Crippen molar-refractivity contribution in [1.29, 1.82) is 0 Å². The highest BCUT2D eigenvalue weighted by molar-refractivity contribution is 5.53. The fourth-order valence-corrected chi connectivity index (χ4v) is 4.33. The number of hydrogen-bond donors (Lipinski definition) is 1. The van der Waals surface area contributed by atoms with Crippen LogP contribution in [-0.4, -0.2) is 28.9 Å². The number of rotatable bonds is 5. The molecule has 0 saturated heterocycles. The highest BCUT2D eigenvalue weighted by Gasteiger charge is 2.31. The molecule has 1 fully saturated rings. The average Bonchev–Trinajstić information content (AvgIpc) is 2.72. The van der Waals surface area contributed by atoms with Crippen LogP contribution in [-0.2, 0) is 13.0 Å². The van der Waals surface area contributed by atoms with Crippen molar-refractivity contribution in [2.24, 2.45) is 0 Å². The molecule has 168 valence electrons. The second-order valence-electron chi connectivity index (χ2n) is 8.75. The van der Waals surface area contributed by atoms with Crippen LogP contribution in [0.5, 0.6) is 5.75 Å². The second kappa shape index (κ2) is 8.93. The molecule has 5 nitrogen and oxygen atoms in total. The Morgan fingerprint density at radius 1 is 1.06 bits per heavy atom. The molecule has 31 heavy (non-hydrogen) atoms. The van der Waals surface area contributed by atoms with E-state index in [1.54, 1.807) is 6.07 Å². The number of halogens is 3. The van der Waals surface area contributed by atoms with Gasteiger partial charge >= 0.3 is 6.36 Å². The first-order valence-corrected chi connectivity index (χ1v) is 11.0. The van der Waals surface area contributed by atoms with E-state index in [4.69, 9.17) is 9.97 Å². The van der Waals surface area contributed by atoms with Gasteiger partial charge in [0, 0.05) is 31.1 Å². The summed E-state index contributed by atoms with van der Waals surface area (Å²) in [4.78, 5) is 11.6. The molecule has 0 spiro atoms. The minimum Gasteiger partial charge on any atom is -0.406 e. The van der Waals surface area contributed by atoms with E-state index in [2.05, 4.69) is 28.8 Å². The minimum atomic E-state index is -4.69. The zero-order valence-corrected chi connectivity index (χ0v) is 18.0. The Hall–Kier alpha value is -2.51. The number of fused-ring (bicyclic) bond motifs is 1. The van der Waals surface area contributed by atoms with Crippen molar-refractivity contribution in [3.63, 3.8) is 0 Å². The van der Waals surface area contributed by atoms with Crippen LogP contribution in [0.2, 0.25) is 0 Å². The molecule has 0 unspecified atom stereocenters. The summed E-state index contributed by atoms with van der Waals surface area (Å²) in [5.74, 6) is 2.41. The SMILES string of the molecule is CC(C)c1nc(NC2CCCCC2)cc(N2CCc3ccc(OC(F)(F)F)cc3C2)n1. The first-order valence-electron chi connectivity index (χ1n) is 11.0. The van der Waals surface area contributed by atoms with E-state index in [0.29, 0.717) is 12.6 Å². The van der Waals surface area contributed by atoms with E-state index in [9.17, 15) is 13.2 Å². The number of nitrogens with one attached hydrogen (secondary N) is 1. The molecule has 0 bridgehead atoms. The number of benzene rings is 1. The summed E-state index contributed by atoms with van der Waals surface area (Å²) >= 11 is 0. The predicted molar refractivity (Wildman–Crippen MR) is 114 cm³/mol. The molecule has 0 atom stereocenters. The Bertz CT molecular complexity index is 910. The zero-order chi connectivity index (χ0) is 22.0. The van der Waals surface area contributed by atoms with Gasteiger partial charge in [0.1, 0.15) is 23.2 Å². The molecule has 2 aliphatic rings. The molecule has 1 aromatic heterocycles. The molecule has 1 aliphatic carbocycles. The van der Waals surface area contributed by atoms with Crippen LogP contribution >= 0.6 is 0 Å². The molecule has 1 N–H and O–H groups in total. The van der Waals surface area contributed by atoms with Crippen LogP contribution in [0.4, 0.5) is 24.8 Å². The molecular formula is C23H29F3N4O. The highest BCUT2D eigenvalue weighted by atomic mass is 19.4. The van der Waals surface area contributed by atoms with Gasteiger partial charge in [-0.05, 0) is 42.5 Å². The lowest BCUT2D eigenvalue weighted by Gasteiger charge is -2.31. The summed E-state index contributed by atoms with van der Waals surface area (Å²) in [5.41, 5.74) is 1.88. The van der Waals surface area contributed by atoms with Crippen molar-refractivity contribution in [1.82, 2.24) is 9.97 Å². The molecule has 1 saturated carbocycles. The normalized spacial score (nSPS) is 17.5. The molecule has 0 amide bonds. The summed E-state index contributed by atoms with van der Waals surface area (Å²) in [6.07, 6.45) is 2.10. The molecule has 1 aliphatic heterocycles. The monoisotopic (exact) mass is 434 g/mol. The van der Waals surface area contributed by atoms with E-state index in [-0.39, 0.29) is 11.7 Å². The van der Waals surface area contributed by atoms with Crippen molar-refractivity contribution in [3.05, 3.63) is 41.2 Å². The molecule has 2 heterocycles. The Morgan fingerprint density at radius 3 is 2.55 bits per heavy atom. The van der Waals surface area contributed by atoms with Crippen LogP contribution in [0.25, 0.3) is 0 Å². The summed E-state index contributed by atoms with van der Waals surface area (Å²) in [6, 6.07) is 7.00.